The minimum absolute atomic E-state index is 0.0422. The fraction of sp³-hybridized carbons (Fsp3) is 0.462. The molecular formula is C13H17N3O2. The summed E-state index contributed by atoms with van der Waals surface area (Å²) in [5.74, 6) is -0.0743. The summed E-state index contributed by atoms with van der Waals surface area (Å²) in [6.07, 6.45) is 6.61. The summed E-state index contributed by atoms with van der Waals surface area (Å²) >= 11 is 0. The van der Waals surface area contributed by atoms with E-state index in [9.17, 15) is 9.59 Å². The van der Waals surface area contributed by atoms with Gasteiger partial charge >= 0.3 is 0 Å². The number of amides is 2. The van der Waals surface area contributed by atoms with E-state index >= 15 is 0 Å². The molecule has 1 aliphatic heterocycles. The largest absolute Gasteiger partial charge is 0.352 e. The van der Waals surface area contributed by atoms with Crippen molar-refractivity contribution in [2.24, 2.45) is 0 Å². The molecule has 0 radical (unpaired) electrons. The molecular weight excluding hydrogens is 230 g/mol. The molecule has 0 saturated carbocycles. The van der Waals surface area contributed by atoms with Crippen LogP contribution in [0, 0.1) is 0 Å². The van der Waals surface area contributed by atoms with Gasteiger partial charge in [-0.1, -0.05) is 6.42 Å². The molecule has 1 atom stereocenters. The number of aromatic nitrogens is 1. The second-order valence-corrected chi connectivity index (χ2v) is 4.46. The molecule has 1 fully saturated rings. The lowest BCUT2D eigenvalue weighted by atomic mass is 10.1. The van der Waals surface area contributed by atoms with Gasteiger partial charge in [-0.05, 0) is 25.0 Å². The van der Waals surface area contributed by atoms with Crippen molar-refractivity contribution in [1.82, 2.24) is 15.6 Å². The highest BCUT2D eigenvalue weighted by molar-refractivity contribution is 5.93. The van der Waals surface area contributed by atoms with Crippen LogP contribution >= 0.6 is 0 Å². The van der Waals surface area contributed by atoms with Gasteiger partial charge in [0.05, 0.1) is 5.56 Å². The van der Waals surface area contributed by atoms with Gasteiger partial charge in [0.2, 0.25) is 5.91 Å². The summed E-state index contributed by atoms with van der Waals surface area (Å²) in [6, 6.07) is 3.48. The Hall–Kier alpha value is -1.91. The van der Waals surface area contributed by atoms with Crippen LogP contribution in [0.5, 0.6) is 0 Å². The first-order valence-corrected chi connectivity index (χ1v) is 6.23. The topological polar surface area (TPSA) is 71.1 Å². The highest BCUT2D eigenvalue weighted by atomic mass is 16.2. The van der Waals surface area contributed by atoms with Gasteiger partial charge in [0.25, 0.3) is 5.91 Å². The van der Waals surface area contributed by atoms with Crippen molar-refractivity contribution in [2.45, 2.75) is 31.7 Å². The zero-order valence-corrected chi connectivity index (χ0v) is 10.2. The van der Waals surface area contributed by atoms with E-state index in [2.05, 4.69) is 15.6 Å². The number of carbonyl (C=O) groups excluding carboxylic acids is 2. The van der Waals surface area contributed by atoms with E-state index in [0.29, 0.717) is 18.5 Å². The summed E-state index contributed by atoms with van der Waals surface area (Å²) in [5, 5.41) is 5.74. The molecule has 0 aliphatic carbocycles. The summed E-state index contributed by atoms with van der Waals surface area (Å²) in [6.45, 7) is 0.472. The zero-order valence-electron chi connectivity index (χ0n) is 10.2. The van der Waals surface area contributed by atoms with Crippen molar-refractivity contribution < 1.29 is 9.59 Å². The fourth-order valence-corrected chi connectivity index (χ4v) is 2.02. The number of carbonyl (C=O) groups is 2. The molecule has 0 bridgehead atoms. The van der Waals surface area contributed by atoms with Crippen LogP contribution in [0.2, 0.25) is 0 Å². The van der Waals surface area contributed by atoms with Crippen molar-refractivity contribution in [3.05, 3.63) is 30.1 Å². The van der Waals surface area contributed by atoms with Crippen LogP contribution in [0.4, 0.5) is 0 Å². The van der Waals surface area contributed by atoms with Crippen molar-refractivity contribution >= 4 is 11.8 Å². The van der Waals surface area contributed by atoms with E-state index in [1.807, 2.05) is 0 Å². The second-order valence-electron chi connectivity index (χ2n) is 4.46. The van der Waals surface area contributed by atoms with Crippen LogP contribution in [-0.4, -0.2) is 29.4 Å². The first-order valence-electron chi connectivity index (χ1n) is 6.23. The van der Waals surface area contributed by atoms with Gasteiger partial charge in [-0.25, -0.2) is 0 Å². The Bertz CT molecular complexity index is 420. The van der Waals surface area contributed by atoms with Crippen molar-refractivity contribution in [3.63, 3.8) is 0 Å². The molecule has 1 aromatic rings. The first kappa shape index (κ1) is 12.5. The minimum Gasteiger partial charge on any atom is -0.352 e. The number of hydrogen-bond acceptors (Lipinski definition) is 3. The molecule has 2 rings (SSSR count). The summed E-state index contributed by atoms with van der Waals surface area (Å²) < 4.78 is 0. The van der Waals surface area contributed by atoms with Crippen molar-refractivity contribution in [1.29, 1.82) is 0 Å². The summed E-state index contributed by atoms with van der Waals surface area (Å²) in [5.41, 5.74) is 0.539. The van der Waals surface area contributed by atoms with E-state index in [1.165, 1.54) is 6.20 Å². The lowest BCUT2D eigenvalue weighted by Crippen LogP contribution is -2.42. The Morgan fingerprint density at radius 2 is 2.39 bits per heavy atom. The lowest BCUT2D eigenvalue weighted by Gasteiger charge is -2.16. The van der Waals surface area contributed by atoms with Gasteiger partial charge in [0.1, 0.15) is 0 Å². The van der Waals surface area contributed by atoms with E-state index in [4.69, 9.17) is 0 Å². The maximum Gasteiger partial charge on any atom is 0.252 e. The van der Waals surface area contributed by atoms with Gasteiger partial charge in [0, 0.05) is 31.4 Å². The molecule has 0 spiro atoms. The van der Waals surface area contributed by atoms with Crippen LogP contribution in [0.15, 0.2) is 24.5 Å². The molecule has 5 nitrogen and oxygen atoms in total. The van der Waals surface area contributed by atoms with Crippen molar-refractivity contribution in [2.75, 3.05) is 6.54 Å². The smallest absolute Gasteiger partial charge is 0.252 e. The standard InChI is InChI=1S/C13H17N3O2/c17-12-6-2-1-5-11(16-12)9-15-13(18)10-4-3-7-14-8-10/h3-4,7-8,11H,1-2,5-6,9H2,(H,15,18)(H,16,17). The van der Waals surface area contributed by atoms with E-state index in [1.54, 1.807) is 18.3 Å². The molecule has 5 heteroatoms. The van der Waals surface area contributed by atoms with Gasteiger partial charge in [0.15, 0.2) is 0 Å². The maximum absolute atomic E-state index is 11.8. The average molecular weight is 247 g/mol. The molecule has 1 unspecified atom stereocenters. The number of rotatable bonds is 3. The van der Waals surface area contributed by atoms with E-state index in [-0.39, 0.29) is 17.9 Å². The predicted molar refractivity (Wildman–Crippen MR) is 67.0 cm³/mol. The fourth-order valence-electron chi connectivity index (χ4n) is 2.02. The first-order chi connectivity index (χ1) is 8.75. The Morgan fingerprint density at radius 1 is 1.50 bits per heavy atom. The van der Waals surface area contributed by atoms with Crippen LogP contribution in [0.25, 0.3) is 0 Å². The molecule has 18 heavy (non-hydrogen) atoms. The second kappa shape index (κ2) is 6.14. The van der Waals surface area contributed by atoms with Crippen LogP contribution in [0.1, 0.15) is 36.0 Å². The van der Waals surface area contributed by atoms with Crippen LogP contribution in [0.3, 0.4) is 0 Å². The van der Waals surface area contributed by atoms with Crippen LogP contribution in [-0.2, 0) is 4.79 Å². The number of hydrogen-bond donors (Lipinski definition) is 2. The molecule has 1 aliphatic rings. The summed E-state index contributed by atoms with van der Waals surface area (Å²) in [4.78, 5) is 27.1. The quantitative estimate of drug-likeness (QED) is 0.832. The number of nitrogens with one attached hydrogen (secondary N) is 2. The normalized spacial score (nSPS) is 19.8. The van der Waals surface area contributed by atoms with E-state index in [0.717, 1.165) is 19.3 Å². The third-order valence-corrected chi connectivity index (χ3v) is 3.00. The molecule has 1 aromatic heterocycles. The Kier molecular flexibility index (Phi) is 4.28. The Labute approximate surface area is 106 Å². The predicted octanol–water partition coefficient (Wildman–Crippen LogP) is 0.870. The Balaban J connectivity index is 1.84. The molecule has 2 heterocycles. The highest BCUT2D eigenvalue weighted by Gasteiger charge is 2.17. The number of pyridine rings is 1. The van der Waals surface area contributed by atoms with Gasteiger partial charge in [-0.15, -0.1) is 0 Å². The van der Waals surface area contributed by atoms with Crippen molar-refractivity contribution in [3.8, 4) is 0 Å². The lowest BCUT2D eigenvalue weighted by molar-refractivity contribution is -0.121. The molecule has 2 amide bonds. The highest BCUT2D eigenvalue weighted by Crippen LogP contribution is 2.08. The monoisotopic (exact) mass is 247 g/mol. The molecule has 0 aromatic carbocycles. The average Bonchev–Trinajstić information content (AvgIpc) is 2.61. The molecule has 96 valence electrons. The van der Waals surface area contributed by atoms with Gasteiger partial charge in [-0.3, -0.25) is 14.6 Å². The maximum atomic E-state index is 11.8. The van der Waals surface area contributed by atoms with Crippen LogP contribution < -0.4 is 10.6 Å². The number of nitrogens with zero attached hydrogens (tertiary/aromatic N) is 1. The third-order valence-electron chi connectivity index (χ3n) is 3.00. The Morgan fingerprint density at radius 3 is 3.17 bits per heavy atom. The van der Waals surface area contributed by atoms with Gasteiger partial charge < -0.3 is 10.6 Å². The van der Waals surface area contributed by atoms with Gasteiger partial charge in [-0.2, -0.15) is 0 Å². The SMILES string of the molecule is O=C1CCCCC(CNC(=O)c2cccnc2)N1. The zero-order chi connectivity index (χ0) is 12.8. The molecule has 2 N–H and O–H groups in total. The minimum atomic E-state index is -0.151. The molecule has 1 saturated heterocycles. The summed E-state index contributed by atoms with van der Waals surface area (Å²) in [7, 11) is 0. The third kappa shape index (κ3) is 3.55. The van der Waals surface area contributed by atoms with E-state index < -0.39 is 0 Å².